The molecular weight excluding hydrogens is 296 g/mol. The number of hydrogen-bond donors (Lipinski definition) is 1. The van der Waals surface area contributed by atoms with Crippen LogP contribution in [0.25, 0.3) is 0 Å². The van der Waals surface area contributed by atoms with E-state index in [9.17, 15) is 0 Å². The van der Waals surface area contributed by atoms with Gasteiger partial charge in [0, 0.05) is 39.8 Å². The number of nitrogens with one attached hydrogen (secondary N) is 1. The Morgan fingerprint density at radius 3 is 2.50 bits per heavy atom. The molecule has 0 aromatic carbocycles. The Morgan fingerprint density at radius 1 is 1.04 bits per heavy atom. The van der Waals surface area contributed by atoms with E-state index in [0.717, 1.165) is 36.2 Å². The number of rotatable bonds is 6. The molecule has 2 saturated heterocycles. The first-order valence-corrected chi connectivity index (χ1v) is 10.2. The Hall–Kier alpha value is -0.770. The van der Waals surface area contributed by atoms with E-state index >= 15 is 0 Å². The minimum atomic E-state index is 0.767. The van der Waals surface area contributed by atoms with Crippen LogP contribution < -0.4 is 5.32 Å². The average molecular weight is 337 g/mol. The highest BCUT2D eigenvalue weighted by Gasteiger charge is 2.26. The van der Waals surface area contributed by atoms with Gasteiger partial charge in [-0.3, -0.25) is 4.99 Å². The largest absolute Gasteiger partial charge is 0.356 e. The normalized spacial score (nSPS) is 26.6. The molecule has 4 heteroatoms. The minimum Gasteiger partial charge on any atom is -0.356 e. The summed E-state index contributed by atoms with van der Waals surface area (Å²) in [7, 11) is 1.93. The summed E-state index contributed by atoms with van der Waals surface area (Å²) in [6, 6.07) is 0. The molecule has 2 aliphatic rings. The van der Waals surface area contributed by atoms with Crippen LogP contribution in [0.15, 0.2) is 4.99 Å². The number of nitrogens with zero attached hydrogens (tertiary/aromatic N) is 3. The lowest BCUT2D eigenvalue weighted by atomic mass is 9.97. The van der Waals surface area contributed by atoms with Gasteiger partial charge in [0.25, 0.3) is 0 Å². The Labute approximate surface area is 150 Å². The molecule has 0 aromatic rings. The van der Waals surface area contributed by atoms with E-state index in [4.69, 9.17) is 0 Å². The van der Waals surface area contributed by atoms with Crippen molar-refractivity contribution in [3.8, 4) is 0 Å². The van der Waals surface area contributed by atoms with Gasteiger partial charge in [0.2, 0.25) is 0 Å². The summed E-state index contributed by atoms with van der Waals surface area (Å²) < 4.78 is 0. The fraction of sp³-hybridized carbons (Fsp3) is 0.950. The van der Waals surface area contributed by atoms with Crippen LogP contribution in [0.4, 0.5) is 0 Å². The van der Waals surface area contributed by atoms with E-state index in [0.29, 0.717) is 0 Å². The van der Waals surface area contributed by atoms with Gasteiger partial charge < -0.3 is 15.1 Å². The van der Waals surface area contributed by atoms with Gasteiger partial charge in [0.15, 0.2) is 5.96 Å². The maximum atomic E-state index is 4.55. The second-order valence-corrected chi connectivity index (χ2v) is 8.82. The molecule has 24 heavy (non-hydrogen) atoms. The van der Waals surface area contributed by atoms with Gasteiger partial charge in [-0.25, -0.2) is 0 Å². The molecule has 0 radical (unpaired) electrons. The fourth-order valence-corrected chi connectivity index (χ4v) is 4.45. The predicted molar refractivity (Wildman–Crippen MR) is 104 cm³/mol. The zero-order valence-electron chi connectivity index (χ0n) is 16.7. The van der Waals surface area contributed by atoms with Gasteiger partial charge in [-0.2, -0.15) is 0 Å². The van der Waals surface area contributed by atoms with Crippen LogP contribution in [-0.4, -0.2) is 62.1 Å². The number of aliphatic imine (C=N–C) groups is 1. The monoisotopic (exact) mass is 336 g/mol. The SMILES string of the molecule is CN=C(NCC1CCCN(CC(C)C)C1)N1CCC(CC(C)C)C1. The number of guanidine groups is 1. The molecule has 0 aliphatic carbocycles. The highest BCUT2D eigenvalue weighted by Crippen LogP contribution is 2.23. The van der Waals surface area contributed by atoms with Crippen molar-refractivity contribution in [1.29, 1.82) is 0 Å². The van der Waals surface area contributed by atoms with Gasteiger partial charge >= 0.3 is 0 Å². The van der Waals surface area contributed by atoms with Crippen LogP contribution in [-0.2, 0) is 0 Å². The first-order chi connectivity index (χ1) is 11.5. The minimum absolute atomic E-state index is 0.767. The van der Waals surface area contributed by atoms with E-state index in [2.05, 4.69) is 47.8 Å². The highest BCUT2D eigenvalue weighted by atomic mass is 15.3. The van der Waals surface area contributed by atoms with Crippen molar-refractivity contribution in [2.45, 2.75) is 53.4 Å². The summed E-state index contributed by atoms with van der Waals surface area (Å²) in [6.07, 6.45) is 5.37. The van der Waals surface area contributed by atoms with Crippen molar-refractivity contribution >= 4 is 5.96 Å². The van der Waals surface area contributed by atoms with Gasteiger partial charge in [-0.15, -0.1) is 0 Å². The highest BCUT2D eigenvalue weighted by molar-refractivity contribution is 5.80. The molecule has 2 rings (SSSR count). The van der Waals surface area contributed by atoms with E-state index < -0.39 is 0 Å². The molecule has 0 bridgehead atoms. The molecule has 0 amide bonds. The second kappa shape index (κ2) is 9.65. The topological polar surface area (TPSA) is 30.9 Å². The van der Waals surface area contributed by atoms with Crippen molar-refractivity contribution < 1.29 is 0 Å². The molecule has 2 fully saturated rings. The van der Waals surface area contributed by atoms with Gasteiger partial charge in [0.05, 0.1) is 0 Å². The zero-order chi connectivity index (χ0) is 17.5. The molecule has 0 spiro atoms. The van der Waals surface area contributed by atoms with E-state index in [1.54, 1.807) is 0 Å². The molecule has 0 saturated carbocycles. The molecule has 2 aliphatic heterocycles. The lowest BCUT2D eigenvalue weighted by Crippen LogP contribution is -2.46. The molecule has 2 heterocycles. The zero-order valence-corrected chi connectivity index (χ0v) is 16.7. The summed E-state index contributed by atoms with van der Waals surface area (Å²) in [4.78, 5) is 9.68. The van der Waals surface area contributed by atoms with E-state index in [-0.39, 0.29) is 0 Å². The molecule has 1 N–H and O–H groups in total. The van der Waals surface area contributed by atoms with Gasteiger partial charge in [-0.1, -0.05) is 27.7 Å². The maximum absolute atomic E-state index is 4.55. The Bertz CT molecular complexity index is 391. The summed E-state index contributed by atoms with van der Waals surface area (Å²) in [5.41, 5.74) is 0. The molecule has 0 aromatic heterocycles. The van der Waals surface area contributed by atoms with Crippen molar-refractivity contribution in [2.24, 2.45) is 28.7 Å². The summed E-state index contributed by atoms with van der Waals surface area (Å²) in [5, 5.41) is 3.68. The Morgan fingerprint density at radius 2 is 1.83 bits per heavy atom. The number of likely N-dealkylation sites (tertiary alicyclic amines) is 2. The number of piperidine rings is 1. The van der Waals surface area contributed by atoms with Crippen LogP contribution in [0.3, 0.4) is 0 Å². The molecular formula is C20H40N4. The molecule has 2 atom stereocenters. The average Bonchev–Trinajstić information content (AvgIpc) is 2.95. The van der Waals surface area contributed by atoms with Crippen LogP contribution in [0.5, 0.6) is 0 Å². The Balaban J connectivity index is 1.75. The van der Waals surface area contributed by atoms with Gasteiger partial charge in [-0.05, 0) is 55.9 Å². The quantitative estimate of drug-likeness (QED) is 0.596. The van der Waals surface area contributed by atoms with Crippen LogP contribution in [0.1, 0.15) is 53.4 Å². The molecule has 2 unspecified atom stereocenters. The lowest BCUT2D eigenvalue weighted by Gasteiger charge is -2.34. The third-order valence-electron chi connectivity index (χ3n) is 5.38. The van der Waals surface area contributed by atoms with E-state index in [1.165, 1.54) is 58.4 Å². The molecule has 4 nitrogen and oxygen atoms in total. The van der Waals surface area contributed by atoms with Gasteiger partial charge in [0.1, 0.15) is 0 Å². The predicted octanol–water partition coefficient (Wildman–Crippen LogP) is 3.30. The van der Waals surface area contributed by atoms with Crippen molar-refractivity contribution in [3.63, 3.8) is 0 Å². The smallest absolute Gasteiger partial charge is 0.193 e. The number of hydrogen-bond acceptors (Lipinski definition) is 2. The first kappa shape index (κ1) is 19.6. The standard InChI is InChI=1S/C20H40N4/c1-16(2)11-18-8-10-24(15-18)20(21-5)22-12-19-7-6-9-23(14-19)13-17(3)4/h16-19H,6-15H2,1-5H3,(H,21,22). The first-order valence-electron chi connectivity index (χ1n) is 10.2. The summed E-state index contributed by atoms with van der Waals surface area (Å²) in [6.45, 7) is 16.5. The fourth-order valence-electron chi connectivity index (χ4n) is 4.45. The summed E-state index contributed by atoms with van der Waals surface area (Å²) in [5.74, 6) is 4.32. The summed E-state index contributed by atoms with van der Waals surface area (Å²) >= 11 is 0. The second-order valence-electron chi connectivity index (χ2n) is 8.82. The van der Waals surface area contributed by atoms with Crippen molar-refractivity contribution in [3.05, 3.63) is 0 Å². The van der Waals surface area contributed by atoms with Crippen LogP contribution in [0, 0.1) is 23.7 Å². The third kappa shape index (κ3) is 6.27. The Kier molecular flexibility index (Phi) is 7.86. The molecule has 140 valence electrons. The van der Waals surface area contributed by atoms with Crippen molar-refractivity contribution in [1.82, 2.24) is 15.1 Å². The van der Waals surface area contributed by atoms with Crippen molar-refractivity contribution in [2.75, 3.05) is 46.3 Å². The van der Waals surface area contributed by atoms with E-state index in [1.807, 2.05) is 7.05 Å². The third-order valence-corrected chi connectivity index (χ3v) is 5.38. The van der Waals surface area contributed by atoms with Crippen LogP contribution >= 0.6 is 0 Å². The van der Waals surface area contributed by atoms with Crippen LogP contribution in [0.2, 0.25) is 0 Å². The maximum Gasteiger partial charge on any atom is 0.193 e. The lowest BCUT2D eigenvalue weighted by molar-refractivity contribution is 0.159.